The molecule has 1 aromatic heterocycles. The van der Waals surface area contributed by atoms with Crippen LogP contribution in [0.2, 0.25) is 0 Å². The van der Waals surface area contributed by atoms with Crippen molar-refractivity contribution in [3.8, 4) is 0 Å². The topological polar surface area (TPSA) is 157 Å². The first-order valence-corrected chi connectivity index (χ1v) is 24.6. The van der Waals surface area contributed by atoms with Crippen molar-refractivity contribution in [2.45, 2.75) is 73.5 Å². The number of carbonyl (C=O) groups excluding carboxylic acids is 6. The molecule has 6 aliphatic rings. The molecule has 11 rings (SSSR count). The van der Waals surface area contributed by atoms with E-state index in [0.29, 0.717) is 9.75 Å². The molecule has 2 saturated heterocycles. The van der Waals surface area contributed by atoms with Gasteiger partial charge in [0.05, 0.1) is 33.4 Å². The van der Waals surface area contributed by atoms with Gasteiger partial charge in [0.15, 0.2) is 0 Å². The van der Waals surface area contributed by atoms with Crippen LogP contribution in [0.25, 0.3) is 0 Å². The summed E-state index contributed by atoms with van der Waals surface area (Å²) in [6.07, 6.45) is 3.25. The zero-order valence-corrected chi connectivity index (χ0v) is 37.9. The molecule has 4 N–H and O–H groups in total. The minimum Gasteiger partial charge on any atom is -0.352 e. The lowest BCUT2D eigenvalue weighted by atomic mass is 9.94. The Hall–Kier alpha value is -6.60. The lowest BCUT2D eigenvalue weighted by Crippen LogP contribution is -2.43. The Kier molecular flexibility index (Phi) is 11.5. The third kappa shape index (κ3) is 9.13. The number of likely N-dealkylation sites (tertiary alicyclic amines) is 2. The predicted octanol–water partition coefficient (Wildman–Crippen LogP) is 5.81. The maximum atomic E-state index is 14.3. The number of benzene rings is 4. The van der Waals surface area contributed by atoms with Crippen LogP contribution >= 0.6 is 11.3 Å². The van der Waals surface area contributed by atoms with Crippen LogP contribution in [0, 0.1) is 23.7 Å². The van der Waals surface area contributed by atoms with Gasteiger partial charge in [0.1, 0.15) is 0 Å². The van der Waals surface area contributed by atoms with E-state index in [1.54, 1.807) is 21.9 Å². The van der Waals surface area contributed by atoms with Gasteiger partial charge in [0, 0.05) is 74.0 Å². The van der Waals surface area contributed by atoms with E-state index in [0.717, 1.165) is 59.3 Å². The molecular weight excluding hydrogens is 861 g/mol. The average molecular weight is 915 g/mol. The summed E-state index contributed by atoms with van der Waals surface area (Å²) in [5.74, 6) is -3.83. The van der Waals surface area contributed by atoms with Gasteiger partial charge in [-0.25, -0.2) is 0 Å². The molecule has 4 aliphatic carbocycles. The van der Waals surface area contributed by atoms with Gasteiger partial charge in [-0.1, -0.05) is 121 Å². The number of nitrogens with zero attached hydrogens (tertiary/aromatic N) is 2. The zero-order chi connectivity index (χ0) is 45.8. The van der Waals surface area contributed by atoms with E-state index in [1.165, 1.54) is 0 Å². The minimum absolute atomic E-state index is 0.0399. The van der Waals surface area contributed by atoms with Crippen molar-refractivity contribution >= 4 is 46.8 Å². The predicted molar refractivity (Wildman–Crippen MR) is 253 cm³/mol. The van der Waals surface area contributed by atoms with Crippen molar-refractivity contribution in [3.05, 3.63) is 165 Å². The Morgan fingerprint density at radius 1 is 0.358 bits per heavy atom. The van der Waals surface area contributed by atoms with Gasteiger partial charge in [-0.3, -0.25) is 28.8 Å². The highest BCUT2D eigenvalue weighted by molar-refractivity contribution is 7.15. The van der Waals surface area contributed by atoms with Crippen molar-refractivity contribution in [2.24, 2.45) is 23.7 Å². The second kappa shape index (κ2) is 17.9. The van der Waals surface area contributed by atoms with Gasteiger partial charge >= 0.3 is 0 Å². The van der Waals surface area contributed by atoms with E-state index in [9.17, 15) is 28.8 Å². The van der Waals surface area contributed by atoms with Crippen molar-refractivity contribution < 1.29 is 28.8 Å². The van der Waals surface area contributed by atoms with E-state index in [4.69, 9.17) is 0 Å². The van der Waals surface area contributed by atoms with Gasteiger partial charge in [-0.15, -0.1) is 11.3 Å². The Balaban J connectivity index is 0.765. The highest BCUT2D eigenvalue weighted by Gasteiger charge is 2.51. The van der Waals surface area contributed by atoms with E-state index in [2.05, 4.69) is 69.8 Å². The highest BCUT2D eigenvalue weighted by atomic mass is 32.1. The fraction of sp³-hybridized carbons (Fsp3) is 0.370. The summed E-state index contributed by atoms with van der Waals surface area (Å²) in [5, 5.41) is 12.8. The first kappa shape index (κ1) is 43.0. The Labute approximate surface area is 393 Å². The first-order valence-electron chi connectivity index (χ1n) is 23.8. The molecule has 6 amide bonds. The molecule has 3 heterocycles. The van der Waals surface area contributed by atoms with Gasteiger partial charge in [0.25, 0.3) is 11.8 Å². The molecule has 12 atom stereocenters. The molecular formula is C54H54N6O6S. The minimum atomic E-state index is -0.746. The zero-order valence-electron chi connectivity index (χ0n) is 37.0. The van der Waals surface area contributed by atoms with Gasteiger partial charge in [-0.2, -0.15) is 0 Å². The molecule has 0 unspecified atom stereocenters. The quantitative estimate of drug-likeness (QED) is 0.110. The van der Waals surface area contributed by atoms with Crippen LogP contribution in [0.1, 0.15) is 91.0 Å². The number of thiophene rings is 1. The molecule has 0 radical (unpaired) electrons. The molecule has 5 aromatic rings. The SMILES string of the molecule is O=C(N[C@H]1C[C@@H]1c1ccccc1)[C@@H]1CN(C(=O)c2ccc(C(=O)N3C[C@@H](C(=O)N[C@H]4C[C@@H]4c4ccccc4)[C@H](C(=O)N[C@H]4C[C@@H]4c4ccccc4)C3)s2)C[C@H]1C(=O)N[C@H]1C[C@@H]1c1ccccc1. The van der Waals surface area contributed by atoms with Crippen LogP contribution in [-0.4, -0.2) is 95.6 Å². The largest absolute Gasteiger partial charge is 0.352 e. The maximum Gasteiger partial charge on any atom is 0.263 e. The smallest absolute Gasteiger partial charge is 0.263 e. The van der Waals surface area contributed by atoms with E-state index >= 15 is 0 Å². The Morgan fingerprint density at radius 2 is 0.597 bits per heavy atom. The molecule has 6 fully saturated rings. The van der Waals surface area contributed by atoms with Crippen molar-refractivity contribution in [3.63, 3.8) is 0 Å². The standard InChI is InChI=1S/C54H54N6O6S/c61-49(55-43-23-35(43)31-13-5-1-6-14-31)39-27-59(28-40(39)50(62)56-44-24-36(44)32-15-7-2-8-16-32)53(65)47-21-22-48(67-47)54(66)60-29-41(51(63)57-45-25-37(45)33-17-9-3-10-18-33)42(30-60)52(64)58-46-26-38(46)34-19-11-4-12-20-34/h1-22,35-46H,23-30H2,(H,55,61)(H,56,62)(H,57,63)(H,58,64)/t35-,36-,37-,38-,39-,40-,41-,42-,43+,44+,45+,46+/m1/s1. The maximum absolute atomic E-state index is 14.3. The molecule has 2 aliphatic heterocycles. The molecule has 12 nitrogen and oxygen atoms in total. The molecule has 67 heavy (non-hydrogen) atoms. The van der Waals surface area contributed by atoms with Crippen LogP contribution in [-0.2, 0) is 19.2 Å². The first-order chi connectivity index (χ1) is 32.7. The second-order valence-corrected chi connectivity index (χ2v) is 20.6. The summed E-state index contributed by atoms with van der Waals surface area (Å²) in [7, 11) is 0. The Bertz CT molecular complexity index is 2350. The summed E-state index contributed by atoms with van der Waals surface area (Å²) >= 11 is 1.05. The number of amides is 6. The summed E-state index contributed by atoms with van der Waals surface area (Å²) in [6, 6.07) is 43.3. The fourth-order valence-electron chi connectivity index (χ4n) is 10.7. The van der Waals surface area contributed by atoms with E-state index in [-0.39, 0.29) is 109 Å². The number of carbonyl (C=O) groups is 6. The number of nitrogens with one attached hydrogen (secondary N) is 4. The number of hydrogen-bond acceptors (Lipinski definition) is 7. The van der Waals surface area contributed by atoms with Crippen LogP contribution in [0.5, 0.6) is 0 Å². The van der Waals surface area contributed by atoms with Crippen molar-refractivity contribution in [2.75, 3.05) is 26.2 Å². The number of rotatable bonds is 14. The summed E-state index contributed by atoms with van der Waals surface area (Å²) in [5.41, 5.74) is 4.63. The summed E-state index contributed by atoms with van der Waals surface area (Å²) in [4.78, 5) is 88.4. The molecule has 4 saturated carbocycles. The van der Waals surface area contributed by atoms with Gasteiger partial charge in [0.2, 0.25) is 23.6 Å². The van der Waals surface area contributed by atoms with Crippen molar-refractivity contribution in [1.82, 2.24) is 31.1 Å². The van der Waals surface area contributed by atoms with Crippen LogP contribution < -0.4 is 21.3 Å². The van der Waals surface area contributed by atoms with E-state index in [1.807, 2.05) is 72.8 Å². The molecule has 0 bridgehead atoms. The third-order valence-electron chi connectivity index (χ3n) is 15.0. The lowest BCUT2D eigenvalue weighted by molar-refractivity contribution is -0.133. The van der Waals surface area contributed by atoms with Crippen molar-refractivity contribution in [1.29, 1.82) is 0 Å². The second-order valence-electron chi connectivity index (χ2n) is 19.5. The molecule has 0 spiro atoms. The van der Waals surface area contributed by atoms with Gasteiger partial charge in [-0.05, 0) is 60.1 Å². The number of hydrogen-bond donors (Lipinski definition) is 4. The summed E-state index contributed by atoms with van der Waals surface area (Å²) < 4.78 is 0. The van der Waals surface area contributed by atoms with Crippen LogP contribution in [0.3, 0.4) is 0 Å². The fourth-order valence-corrected chi connectivity index (χ4v) is 11.7. The normalized spacial score (nSPS) is 29.9. The molecule has 342 valence electrons. The average Bonchev–Trinajstić information content (AvgIpc) is 4.34. The third-order valence-corrected chi connectivity index (χ3v) is 16.0. The Morgan fingerprint density at radius 3 is 0.836 bits per heavy atom. The van der Waals surface area contributed by atoms with E-state index < -0.39 is 23.7 Å². The van der Waals surface area contributed by atoms with Crippen LogP contribution in [0.15, 0.2) is 133 Å². The monoisotopic (exact) mass is 914 g/mol. The van der Waals surface area contributed by atoms with Gasteiger partial charge < -0.3 is 31.1 Å². The molecule has 4 aromatic carbocycles. The summed E-state index contributed by atoms with van der Waals surface area (Å²) in [6.45, 7) is 0.267. The van der Waals surface area contributed by atoms with Crippen LogP contribution in [0.4, 0.5) is 0 Å². The highest BCUT2D eigenvalue weighted by Crippen LogP contribution is 2.45. The lowest BCUT2D eigenvalue weighted by Gasteiger charge is -2.18. The molecule has 13 heteroatoms.